The first kappa shape index (κ1) is 23.5. The number of fused-ring (bicyclic) bond motifs is 1. The Balaban J connectivity index is 1.37. The lowest BCUT2D eigenvalue weighted by molar-refractivity contribution is 0.252. The fraction of sp³-hybridized carbons (Fsp3) is 0.267. The van der Waals surface area contributed by atoms with E-state index in [9.17, 15) is 10.1 Å². The molecule has 182 valence electrons. The number of hydrogen-bond donors (Lipinski definition) is 2. The normalized spacial score (nSPS) is 13.1. The Bertz CT molecular complexity index is 1400. The van der Waals surface area contributed by atoms with Crippen LogP contribution in [0.4, 0.5) is 10.5 Å². The monoisotopic (exact) mass is 478 g/mol. The van der Waals surface area contributed by atoms with Gasteiger partial charge in [-0.05, 0) is 74.1 Å². The van der Waals surface area contributed by atoms with Crippen LogP contribution in [0.15, 0.2) is 72.8 Å². The predicted octanol–water partition coefficient (Wildman–Crippen LogP) is 6.67. The number of rotatable bonds is 8. The molecule has 1 aliphatic carbocycles. The third kappa shape index (κ3) is 4.78. The molecule has 3 aromatic carbocycles. The van der Waals surface area contributed by atoms with Crippen molar-refractivity contribution in [2.75, 3.05) is 18.5 Å². The molecular formula is C30H30N4O2. The second-order valence-electron chi connectivity index (χ2n) is 9.10. The van der Waals surface area contributed by atoms with Crippen molar-refractivity contribution in [2.45, 2.75) is 38.6 Å². The topological polar surface area (TPSA) is 79.1 Å². The van der Waals surface area contributed by atoms with E-state index >= 15 is 0 Å². The Kier molecular flexibility index (Phi) is 6.90. The number of nitriles is 1. The highest BCUT2D eigenvalue weighted by molar-refractivity contribution is 5.96. The number of benzene rings is 3. The molecule has 1 saturated carbocycles. The van der Waals surface area contributed by atoms with E-state index in [1.165, 1.54) is 12.0 Å². The van der Waals surface area contributed by atoms with Gasteiger partial charge in [-0.15, -0.1) is 0 Å². The number of anilines is 1. The van der Waals surface area contributed by atoms with Gasteiger partial charge in [-0.2, -0.15) is 5.26 Å². The fourth-order valence-electron chi connectivity index (χ4n) is 4.82. The van der Waals surface area contributed by atoms with Gasteiger partial charge in [0.25, 0.3) is 0 Å². The molecule has 0 aliphatic heterocycles. The Hall–Kier alpha value is -4.24. The maximum absolute atomic E-state index is 12.4. The van der Waals surface area contributed by atoms with E-state index in [0.29, 0.717) is 30.4 Å². The van der Waals surface area contributed by atoms with Crippen LogP contribution in [0.25, 0.3) is 22.2 Å². The van der Waals surface area contributed by atoms with Gasteiger partial charge in [0.05, 0.1) is 23.4 Å². The lowest BCUT2D eigenvalue weighted by atomic mass is 9.92. The molecule has 1 fully saturated rings. The van der Waals surface area contributed by atoms with Crippen molar-refractivity contribution in [3.8, 4) is 23.1 Å². The molecule has 0 unspecified atom stereocenters. The number of amides is 2. The summed E-state index contributed by atoms with van der Waals surface area (Å²) in [7, 11) is 0. The van der Waals surface area contributed by atoms with Crippen LogP contribution in [0.5, 0.6) is 5.75 Å². The Morgan fingerprint density at radius 2 is 1.86 bits per heavy atom. The number of carbonyl (C=O) groups excluding carboxylic acids is 1. The largest absolute Gasteiger partial charge is 0.494 e. The number of ether oxygens (including phenoxy) is 1. The zero-order valence-corrected chi connectivity index (χ0v) is 20.5. The molecule has 1 aliphatic rings. The quantitative estimate of drug-likeness (QED) is 0.297. The maximum atomic E-state index is 12.4. The van der Waals surface area contributed by atoms with Crippen LogP contribution < -0.4 is 15.4 Å². The van der Waals surface area contributed by atoms with Crippen LogP contribution >= 0.6 is 0 Å². The first-order chi connectivity index (χ1) is 17.7. The first-order valence-corrected chi connectivity index (χ1v) is 12.6. The summed E-state index contributed by atoms with van der Waals surface area (Å²) in [5.41, 5.74) is 5.52. The molecule has 0 radical (unpaired) electrons. The van der Waals surface area contributed by atoms with Gasteiger partial charge in [-0.1, -0.05) is 42.5 Å². The minimum absolute atomic E-state index is 0.233. The lowest BCUT2D eigenvalue weighted by Gasteiger charge is -2.30. The molecule has 6 nitrogen and oxygen atoms in total. The maximum Gasteiger partial charge on any atom is 0.319 e. The molecule has 0 spiro atoms. The minimum Gasteiger partial charge on any atom is -0.494 e. The highest BCUT2D eigenvalue weighted by Gasteiger charge is 2.28. The van der Waals surface area contributed by atoms with E-state index in [0.717, 1.165) is 47.2 Å². The summed E-state index contributed by atoms with van der Waals surface area (Å²) in [6, 6.07) is 26.5. The zero-order chi connectivity index (χ0) is 24.9. The minimum atomic E-state index is -0.233. The van der Waals surface area contributed by atoms with Crippen LogP contribution in [-0.4, -0.2) is 23.7 Å². The van der Waals surface area contributed by atoms with Gasteiger partial charge < -0.3 is 19.9 Å². The van der Waals surface area contributed by atoms with Crippen LogP contribution in [-0.2, 0) is 6.42 Å². The summed E-state index contributed by atoms with van der Waals surface area (Å²) >= 11 is 0. The number of carbonyl (C=O) groups is 1. The van der Waals surface area contributed by atoms with Crippen molar-refractivity contribution in [2.24, 2.45) is 0 Å². The summed E-state index contributed by atoms with van der Waals surface area (Å²) in [4.78, 5) is 12.4. The summed E-state index contributed by atoms with van der Waals surface area (Å²) < 4.78 is 8.04. The Labute approximate surface area is 211 Å². The van der Waals surface area contributed by atoms with Crippen LogP contribution in [0.2, 0.25) is 0 Å². The van der Waals surface area contributed by atoms with E-state index in [2.05, 4.69) is 27.3 Å². The van der Waals surface area contributed by atoms with Crippen molar-refractivity contribution in [3.63, 3.8) is 0 Å². The lowest BCUT2D eigenvalue weighted by Crippen LogP contribution is -2.30. The highest BCUT2D eigenvalue weighted by atomic mass is 16.5. The van der Waals surface area contributed by atoms with Crippen molar-refractivity contribution in [1.29, 1.82) is 5.26 Å². The molecule has 2 amide bonds. The molecule has 1 aromatic heterocycles. The van der Waals surface area contributed by atoms with Gasteiger partial charge in [-0.25, -0.2) is 4.79 Å². The average Bonchev–Trinajstić information content (AvgIpc) is 3.17. The van der Waals surface area contributed by atoms with Gasteiger partial charge in [0.1, 0.15) is 11.8 Å². The third-order valence-electron chi connectivity index (χ3n) is 6.80. The molecule has 1 heterocycles. The zero-order valence-electron chi connectivity index (χ0n) is 20.5. The smallest absolute Gasteiger partial charge is 0.319 e. The molecule has 5 rings (SSSR count). The van der Waals surface area contributed by atoms with Crippen molar-refractivity contribution in [1.82, 2.24) is 9.88 Å². The van der Waals surface area contributed by atoms with E-state index in [4.69, 9.17) is 4.74 Å². The summed E-state index contributed by atoms with van der Waals surface area (Å²) in [6.45, 7) is 3.10. The van der Waals surface area contributed by atoms with E-state index in [-0.39, 0.29) is 6.03 Å². The first-order valence-electron chi connectivity index (χ1n) is 12.6. The number of nitrogens with one attached hydrogen (secondary N) is 2. The van der Waals surface area contributed by atoms with Gasteiger partial charge in [0, 0.05) is 23.7 Å². The van der Waals surface area contributed by atoms with Crippen molar-refractivity contribution >= 4 is 22.6 Å². The molecule has 0 atom stereocenters. The molecule has 6 heteroatoms. The summed E-state index contributed by atoms with van der Waals surface area (Å²) in [5.74, 6) is 0.775. The average molecular weight is 479 g/mol. The molecule has 4 aromatic rings. The summed E-state index contributed by atoms with van der Waals surface area (Å²) in [6.07, 6.45) is 4.20. The molecule has 2 N–H and O–H groups in total. The SMILES string of the molecule is CCOc1ccc2c(c1)c(C#N)c(-c1ccc(NC(=O)NCCc3ccccc3)cc1)n2C1CCC1. The van der Waals surface area contributed by atoms with E-state index in [1.54, 1.807) is 0 Å². The molecule has 0 saturated heterocycles. The van der Waals surface area contributed by atoms with E-state index < -0.39 is 0 Å². The third-order valence-corrected chi connectivity index (χ3v) is 6.80. The van der Waals surface area contributed by atoms with Gasteiger partial charge in [0.15, 0.2) is 0 Å². The Morgan fingerprint density at radius 3 is 2.53 bits per heavy atom. The second kappa shape index (κ2) is 10.6. The van der Waals surface area contributed by atoms with E-state index in [1.807, 2.05) is 73.7 Å². The van der Waals surface area contributed by atoms with Crippen molar-refractivity contribution < 1.29 is 9.53 Å². The van der Waals surface area contributed by atoms with Crippen LogP contribution in [0.3, 0.4) is 0 Å². The van der Waals surface area contributed by atoms with Crippen LogP contribution in [0.1, 0.15) is 43.4 Å². The molecule has 0 bridgehead atoms. The predicted molar refractivity (Wildman–Crippen MR) is 143 cm³/mol. The van der Waals surface area contributed by atoms with Crippen molar-refractivity contribution in [3.05, 3.63) is 83.9 Å². The fourth-order valence-corrected chi connectivity index (χ4v) is 4.82. The molecule has 36 heavy (non-hydrogen) atoms. The van der Waals surface area contributed by atoms with Crippen LogP contribution in [0, 0.1) is 11.3 Å². The van der Waals surface area contributed by atoms with Gasteiger partial charge >= 0.3 is 6.03 Å². The highest BCUT2D eigenvalue weighted by Crippen LogP contribution is 2.43. The number of hydrogen-bond acceptors (Lipinski definition) is 3. The molecular weight excluding hydrogens is 448 g/mol. The second-order valence-corrected chi connectivity index (χ2v) is 9.10. The number of urea groups is 1. The van der Waals surface area contributed by atoms with Gasteiger partial charge in [-0.3, -0.25) is 0 Å². The number of nitrogens with zero attached hydrogens (tertiary/aromatic N) is 2. The van der Waals surface area contributed by atoms with Gasteiger partial charge in [0.2, 0.25) is 0 Å². The number of aromatic nitrogens is 1. The Morgan fingerprint density at radius 1 is 1.08 bits per heavy atom. The summed E-state index contributed by atoms with van der Waals surface area (Å²) in [5, 5.41) is 16.9. The standard InChI is InChI=1S/C30H30N4O2/c1-2-36-25-15-16-28-26(19-25)27(20-31)29(34(28)24-9-6-10-24)22-11-13-23(14-12-22)33-30(35)32-18-17-21-7-4-3-5-8-21/h3-5,7-8,11-16,19,24H,2,6,9-10,17-18H2,1H3,(H2,32,33,35).